The van der Waals surface area contributed by atoms with E-state index in [1.807, 2.05) is 0 Å². The number of nitrogens with one attached hydrogen (secondary N) is 2. The fourth-order valence-electron chi connectivity index (χ4n) is 4.40. The Balaban J connectivity index is 1.51. The highest BCUT2D eigenvalue weighted by molar-refractivity contribution is 6.31. The highest BCUT2D eigenvalue weighted by atomic mass is 35.5. The van der Waals surface area contributed by atoms with Crippen molar-refractivity contribution in [2.75, 3.05) is 31.6 Å². The largest absolute Gasteiger partial charge is 0.403 e. The zero-order chi connectivity index (χ0) is 28.1. The van der Waals surface area contributed by atoms with E-state index < -0.39 is 35.4 Å². The maximum atomic E-state index is 14.9. The van der Waals surface area contributed by atoms with Gasteiger partial charge in [0.05, 0.1) is 47.4 Å². The maximum Gasteiger partial charge on any atom is 0.255 e. The molecule has 2 aromatic rings. The van der Waals surface area contributed by atoms with Gasteiger partial charge < -0.3 is 26.0 Å². The summed E-state index contributed by atoms with van der Waals surface area (Å²) < 4.78 is 21.5. The molecule has 1 saturated carbocycles. The van der Waals surface area contributed by atoms with Crippen molar-refractivity contribution >= 4 is 35.0 Å². The Hall–Kier alpha value is -4.22. The molecular weight excluding hydrogens is 529 g/mol. The van der Waals surface area contributed by atoms with Crippen molar-refractivity contribution in [1.29, 1.82) is 0 Å². The lowest BCUT2D eigenvalue weighted by Crippen LogP contribution is -2.42. The summed E-state index contributed by atoms with van der Waals surface area (Å²) in [5, 5.41) is 5.28. The molecule has 1 aromatic carbocycles. The Morgan fingerprint density at radius 2 is 1.79 bits per heavy atom. The molecular formula is C27H27ClFN5O5. The topological polar surface area (TPSA) is 136 Å². The minimum absolute atomic E-state index is 0.146. The van der Waals surface area contributed by atoms with E-state index in [0.29, 0.717) is 26.3 Å². The standard InChI is InChI=1S/C27H27ClFN5O5/c1-16(5-6-17(28)15-30)31-25(36)22-23(24(22)27(38)33-10-12-39-13-11-33)26(37)32-20-8-7-18(14-19(20)29)34-9-3-2-4-21(34)35/h2-9,14-15,22-24H,1,10-13,30H2,(H,31,36)(H,32,37)/b6-5-,17-15+/t22-,23+,24+/m1/s1. The first-order valence-electron chi connectivity index (χ1n) is 12.1. The van der Waals surface area contributed by atoms with E-state index in [4.69, 9.17) is 22.1 Å². The number of halogens is 2. The van der Waals surface area contributed by atoms with Crippen LogP contribution in [0.25, 0.3) is 5.69 Å². The van der Waals surface area contributed by atoms with Crippen LogP contribution < -0.4 is 21.9 Å². The van der Waals surface area contributed by atoms with Crippen molar-refractivity contribution in [2.45, 2.75) is 0 Å². The van der Waals surface area contributed by atoms with Gasteiger partial charge in [0.25, 0.3) is 5.56 Å². The van der Waals surface area contributed by atoms with Gasteiger partial charge in [0.15, 0.2) is 0 Å². The number of carbonyl (C=O) groups is 3. The summed E-state index contributed by atoms with van der Waals surface area (Å²) in [5.41, 5.74) is 5.28. The molecule has 10 nitrogen and oxygen atoms in total. The van der Waals surface area contributed by atoms with Gasteiger partial charge in [0.2, 0.25) is 17.7 Å². The van der Waals surface area contributed by atoms with Crippen LogP contribution in [0.1, 0.15) is 0 Å². The normalized spacial score (nSPS) is 20.9. The Labute approximate surface area is 228 Å². The first-order valence-corrected chi connectivity index (χ1v) is 12.5. The van der Waals surface area contributed by atoms with Gasteiger partial charge in [0.1, 0.15) is 5.82 Å². The zero-order valence-corrected chi connectivity index (χ0v) is 21.6. The molecule has 1 aliphatic heterocycles. The number of anilines is 1. The Bertz CT molecular complexity index is 1420. The second-order valence-electron chi connectivity index (χ2n) is 8.98. The summed E-state index contributed by atoms with van der Waals surface area (Å²) in [6.07, 6.45) is 5.51. The van der Waals surface area contributed by atoms with E-state index >= 15 is 0 Å². The molecule has 0 unspecified atom stereocenters. The van der Waals surface area contributed by atoms with Gasteiger partial charge in [-0.1, -0.05) is 24.2 Å². The predicted octanol–water partition coefficient (Wildman–Crippen LogP) is 1.86. The number of nitrogens with two attached hydrogens (primary N) is 1. The Morgan fingerprint density at radius 3 is 2.46 bits per heavy atom. The van der Waals surface area contributed by atoms with Crippen molar-refractivity contribution in [1.82, 2.24) is 14.8 Å². The van der Waals surface area contributed by atoms with Crippen LogP contribution in [0.3, 0.4) is 0 Å². The van der Waals surface area contributed by atoms with Gasteiger partial charge in [0, 0.05) is 43.3 Å². The number of aromatic nitrogens is 1. The van der Waals surface area contributed by atoms with Crippen LogP contribution in [0, 0.1) is 23.6 Å². The average molecular weight is 556 g/mol. The quantitative estimate of drug-likeness (QED) is 0.425. The number of ether oxygens (including phenoxy) is 1. The second-order valence-corrected chi connectivity index (χ2v) is 9.41. The zero-order valence-electron chi connectivity index (χ0n) is 20.8. The first-order chi connectivity index (χ1) is 18.7. The molecule has 0 bridgehead atoms. The number of nitrogens with zero attached hydrogens (tertiary/aromatic N) is 2. The van der Waals surface area contributed by atoms with Crippen molar-refractivity contribution in [2.24, 2.45) is 23.5 Å². The third kappa shape index (κ3) is 6.44. The number of carbonyl (C=O) groups excluding carboxylic acids is 3. The monoisotopic (exact) mass is 555 g/mol. The van der Waals surface area contributed by atoms with Crippen LogP contribution >= 0.6 is 11.6 Å². The summed E-state index contributed by atoms with van der Waals surface area (Å²) in [5.74, 6) is -5.34. The molecule has 4 rings (SSSR count). The van der Waals surface area contributed by atoms with Gasteiger partial charge in [-0.3, -0.25) is 23.7 Å². The van der Waals surface area contributed by atoms with E-state index in [0.717, 1.165) is 12.3 Å². The number of benzene rings is 1. The number of pyridine rings is 1. The summed E-state index contributed by atoms with van der Waals surface area (Å²) in [7, 11) is 0. The number of amides is 3. The van der Waals surface area contributed by atoms with Gasteiger partial charge >= 0.3 is 0 Å². The lowest BCUT2D eigenvalue weighted by molar-refractivity contribution is -0.138. The van der Waals surface area contributed by atoms with Gasteiger partial charge in [-0.15, -0.1) is 0 Å². The molecule has 2 aliphatic rings. The number of morpholine rings is 1. The second kappa shape index (κ2) is 12.1. The molecule has 2 heterocycles. The molecule has 1 aliphatic carbocycles. The van der Waals surface area contributed by atoms with Crippen molar-refractivity contribution in [3.8, 4) is 5.69 Å². The highest BCUT2D eigenvalue weighted by Gasteiger charge is 2.63. The summed E-state index contributed by atoms with van der Waals surface area (Å²) in [4.78, 5) is 53.1. The number of hydrogen-bond donors (Lipinski definition) is 3. The van der Waals surface area contributed by atoms with Crippen molar-refractivity contribution in [3.05, 3.63) is 94.4 Å². The van der Waals surface area contributed by atoms with Crippen LogP contribution in [0.4, 0.5) is 10.1 Å². The predicted molar refractivity (Wildman–Crippen MR) is 143 cm³/mol. The summed E-state index contributed by atoms with van der Waals surface area (Å²) >= 11 is 5.81. The SMILES string of the molecule is C=C(/C=C\C(Cl)=C/N)NC(=O)[C@@H]1[C@H](C(=O)Nc2ccc(-n3ccccc3=O)cc2F)[C@H]1C(=O)N1CCOCC1. The van der Waals surface area contributed by atoms with Crippen LogP contribution in [-0.4, -0.2) is 53.5 Å². The summed E-state index contributed by atoms with van der Waals surface area (Å²) in [6.45, 7) is 5.11. The lowest BCUT2D eigenvalue weighted by atomic mass is 10.2. The molecule has 39 heavy (non-hydrogen) atoms. The maximum absolute atomic E-state index is 14.9. The number of allylic oxidation sites excluding steroid dienone is 3. The fourth-order valence-corrected chi connectivity index (χ4v) is 4.46. The third-order valence-electron chi connectivity index (χ3n) is 6.43. The van der Waals surface area contributed by atoms with Gasteiger partial charge in [-0.05, 0) is 30.4 Å². The molecule has 204 valence electrons. The van der Waals surface area contributed by atoms with E-state index in [1.165, 1.54) is 41.1 Å². The molecule has 3 amide bonds. The van der Waals surface area contributed by atoms with E-state index in [9.17, 15) is 23.6 Å². The van der Waals surface area contributed by atoms with Gasteiger partial charge in [-0.2, -0.15) is 0 Å². The molecule has 4 N–H and O–H groups in total. The van der Waals surface area contributed by atoms with E-state index in [-0.39, 0.29) is 33.6 Å². The molecule has 1 saturated heterocycles. The van der Waals surface area contributed by atoms with Gasteiger partial charge in [-0.25, -0.2) is 4.39 Å². The summed E-state index contributed by atoms with van der Waals surface area (Å²) in [6, 6.07) is 8.45. The van der Waals surface area contributed by atoms with Crippen LogP contribution in [0.2, 0.25) is 0 Å². The minimum atomic E-state index is -1.03. The van der Waals surface area contributed by atoms with Crippen molar-refractivity contribution < 1.29 is 23.5 Å². The fraction of sp³-hybridized carbons (Fsp3) is 0.259. The molecule has 2 fully saturated rings. The first kappa shape index (κ1) is 27.8. The Morgan fingerprint density at radius 1 is 1.08 bits per heavy atom. The molecule has 0 radical (unpaired) electrons. The third-order valence-corrected chi connectivity index (χ3v) is 6.68. The molecule has 1 aromatic heterocycles. The molecule has 3 atom stereocenters. The lowest BCUT2D eigenvalue weighted by Gasteiger charge is -2.27. The number of rotatable bonds is 8. The van der Waals surface area contributed by atoms with Crippen molar-refractivity contribution in [3.63, 3.8) is 0 Å². The minimum Gasteiger partial charge on any atom is -0.403 e. The molecule has 0 spiro atoms. The highest BCUT2D eigenvalue weighted by Crippen LogP contribution is 2.48. The Kier molecular flexibility index (Phi) is 8.62. The van der Waals surface area contributed by atoms with E-state index in [1.54, 1.807) is 17.0 Å². The van der Waals surface area contributed by atoms with Crippen LogP contribution in [-0.2, 0) is 19.1 Å². The van der Waals surface area contributed by atoms with Crippen LogP contribution in [0.5, 0.6) is 0 Å². The van der Waals surface area contributed by atoms with Crippen LogP contribution in [0.15, 0.2) is 83.0 Å². The number of hydrogen-bond acceptors (Lipinski definition) is 6. The smallest absolute Gasteiger partial charge is 0.255 e. The van der Waals surface area contributed by atoms with E-state index in [2.05, 4.69) is 17.2 Å². The molecule has 12 heteroatoms. The average Bonchev–Trinajstić information content (AvgIpc) is 3.69.